The lowest BCUT2D eigenvalue weighted by molar-refractivity contribution is -0.109. The molecular weight excluding hydrogens is 192 g/mol. The van der Waals surface area contributed by atoms with Crippen molar-refractivity contribution < 1.29 is 9.22 Å². The molecule has 0 saturated heterocycles. The Hall–Kier alpha value is -0.153. The maximum absolute atomic E-state index is 10.5. The number of rotatable bonds is 4. The van der Waals surface area contributed by atoms with Crippen LogP contribution < -0.4 is 0 Å². The molecule has 0 bridgehead atoms. The highest BCUT2D eigenvalue weighted by Crippen LogP contribution is 2.41. The van der Waals surface area contributed by atoms with E-state index >= 15 is 0 Å². The molecule has 2 nitrogen and oxygen atoms in total. The fourth-order valence-corrected chi connectivity index (χ4v) is 2.22. The second-order valence-electron chi connectivity index (χ2n) is 5.87. The van der Waals surface area contributed by atoms with Gasteiger partial charge in [0.1, 0.15) is 6.29 Å². The van der Waals surface area contributed by atoms with E-state index in [1.807, 2.05) is 0 Å². The summed E-state index contributed by atoms with van der Waals surface area (Å²) < 4.78 is 6.03. The van der Waals surface area contributed by atoms with E-state index in [1.165, 1.54) is 0 Å². The summed E-state index contributed by atoms with van der Waals surface area (Å²) in [5, 5.41) is 0.276. The van der Waals surface area contributed by atoms with Crippen molar-refractivity contribution in [2.75, 3.05) is 6.61 Å². The van der Waals surface area contributed by atoms with Gasteiger partial charge in [0, 0.05) is 12.5 Å². The topological polar surface area (TPSA) is 26.3 Å². The minimum Gasteiger partial charge on any atom is -0.417 e. The highest BCUT2D eigenvalue weighted by molar-refractivity contribution is 6.74. The standard InChI is InChI=1S/C11H22O2Si/c1-11(2,3)14(4,5)13-8-10-6-9(10)7-12/h7,9-10H,6,8H2,1-5H3/t9-,10+/m1/s1. The molecule has 3 heteroatoms. The van der Waals surface area contributed by atoms with E-state index in [0.29, 0.717) is 11.8 Å². The van der Waals surface area contributed by atoms with Crippen molar-refractivity contribution >= 4 is 14.6 Å². The molecular formula is C11H22O2Si. The van der Waals surface area contributed by atoms with Gasteiger partial charge < -0.3 is 9.22 Å². The van der Waals surface area contributed by atoms with Gasteiger partial charge >= 0.3 is 0 Å². The summed E-state index contributed by atoms with van der Waals surface area (Å²) in [5.74, 6) is 0.807. The number of carbonyl (C=O) groups is 1. The van der Waals surface area contributed by atoms with Crippen LogP contribution in [-0.4, -0.2) is 21.2 Å². The van der Waals surface area contributed by atoms with Crippen molar-refractivity contribution in [2.45, 2.75) is 45.3 Å². The maximum atomic E-state index is 10.5. The average Bonchev–Trinajstić information content (AvgIpc) is 2.77. The SMILES string of the molecule is CC(C)(C)[Si](C)(C)OC[C@@H]1C[C@@H]1C=O. The number of hydrogen-bond donors (Lipinski definition) is 0. The molecule has 1 rings (SSSR count). The van der Waals surface area contributed by atoms with Crippen LogP contribution in [-0.2, 0) is 9.22 Å². The largest absolute Gasteiger partial charge is 0.417 e. The molecule has 1 fully saturated rings. The van der Waals surface area contributed by atoms with Gasteiger partial charge in [0.2, 0.25) is 0 Å². The molecule has 0 spiro atoms. The smallest absolute Gasteiger partial charge is 0.191 e. The minimum absolute atomic E-state index is 0.276. The molecule has 0 radical (unpaired) electrons. The highest BCUT2D eigenvalue weighted by Gasteiger charge is 2.42. The normalized spacial score (nSPS) is 27.5. The van der Waals surface area contributed by atoms with Crippen LogP contribution in [0.1, 0.15) is 27.2 Å². The average molecular weight is 214 g/mol. The highest BCUT2D eigenvalue weighted by atomic mass is 28.4. The fourth-order valence-electron chi connectivity index (χ4n) is 1.16. The number of hydrogen-bond acceptors (Lipinski definition) is 2. The summed E-state index contributed by atoms with van der Waals surface area (Å²) in [4.78, 5) is 10.5. The van der Waals surface area contributed by atoms with Gasteiger partial charge in [-0.15, -0.1) is 0 Å². The third-order valence-corrected chi connectivity index (χ3v) is 8.12. The van der Waals surface area contributed by atoms with Gasteiger partial charge in [0.25, 0.3) is 0 Å². The molecule has 1 aliphatic rings. The van der Waals surface area contributed by atoms with E-state index in [2.05, 4.69) is 33.9 Å². The molecule has 0 aromatic carbocycles. The fraction of sp³-hybridized carbons (Fsp3) is 0.909. The summed E-state index contributed by atoms with van der Waals surface area (Å²) in [6.07, 6.45) is 2.11. The maximum Gasteiger partial charge on any atom is 0.191 e. The zero-order valence-electron chi connectivity index (χ0n) is 9.96. The Kier molecular flexibility index (Phi) is 3.22. The Morgan fingerprint density at radius 2 is 2.00 bits per heavy atom. The molecule has 0 N–H and O–H groups in total. The second-order valence-corrected chi connectivity index (χ2v) is 10.7. The van der Waals surface area contributed by atoms with Crippen molar-refractivity contribution in [3.05, 3.63) is 0 Å². The molecule has 1 aliphatic carbocycles. The molecule has 0 aromatic heterocycles. The first-order valence-corrected chi connectivity index (χ1v) is 8.28. The van der Waals surface area contributed by atoms with Gasteiger partial charge in [0.05, 0.1) is 0 Å². The van der Waals surface area contributed by atoms with E-state index in [1.54, 1.807) is 0 Å². The first-order chi connectivity index (χ1) is 6.28. The van der Waals surface area contributed by atoms with Crippen LogP contribution in [0.4, 0.5) is 0 Å². The van der Waals surface area contributed by atoms with Crippen LogP contribution in [0.3, 0.4) is 0 Å². The molecule has 0 aromatic rings. The van der Waals surface area contributed by atoms with Gasteiger partial charge in [-0.1, -0.05) is 20.8 Å². The van der Waals surface area contributed by atoms with Crippen LogP contribution >= 0.6 is 0 Å². The summed E-state index contributed by atoms with van der Waals surface area (Å²) in [6.45, 7) is 12.0. The molecule has 82 valence electrons. The van der Waals surface area contributed by atoms with E-state index in [0.717, 1.165) is 19.3 Å². The monoisotopic (exact) mass is 214 g/mol. The Morgan fingerprint density at radius 1 is 1.43 bits per heavy atom. The molecule has 2 atom stereocenters. The molecule has 0 heterocycles. The molecule has 0 amide bonds. The lowest BCUT2D eigenvalue weighted by Crippen LogP contribution is -2.41. The Bertz CT molecular complexity index is 218. The summed E-state index contributed by atoms with van der Waals surface area (Å²) in [6, 6.07) is 0. The van der Waals surface area contributed by atoms with Crippen molar-refractivity contribution in [3.63, 3.8) is 0 Å². The first kappa shape index (κ1) is 11.9. The third kappa shape index (κ3) is 2.67. The van der Waals surface area contributed by atoms with E-state index in [4.69, 9.17) is 4.43 Å². The zero-order chi connectivity index (χ0) is 11.0. The first-order valence-electron chi connectivity index (χ1n) is 5.37. The van der Waals surface area contributed by atoms with Crippen LogP contribution in [0.5, 0.6) is 0 Å². The van der Waals surface area contributed by atoms with Crippen molar-refractivity contribution in [1.82, 2.24) is 0 Å². The van der Waals surface area contributed by atoms with Gasteiger partial charge in [-0.3, -0.25) is 0 Å². The molecule has 0 aliphatic heterocycles. The van der Waals surface area contributed by atoms with E-state index in [-0.39, 0.29) is 5.04 Å². The van der Waals surface area contributed by atoms with Gasteiger partial charge in [0.15, 0.2) is 8.32 Å². The van der Waals surface area contributed by atoms with Crippen molar-refractivity contribution in [3.8, 4) is 0 Å². The molecule has 0 unspecified atom stereocenters. The van der Waals surface area contributed by atoms with Crippen LogP contribution in [0, 0.1) is 11.8 Å². The predicted molar refractivity (Wildman–Crippen MR) is 60.8 cm³/mol. The summed E-state index contributed by atoms with van der Waals surface area (Å²) in [7, 11) is -1.59. The van der Waals surface area contributed by atoms with Crippen LogP contribution in [0.15, 0.2) is 0 Å². The quantitative estimate of drug-likeness (QED) is 0.531. The lowest BCUT2D eigenvalue weighted by atomic mass is 10.2. The minimum atomic E-state index is -1.59. The molecule has 14 heavy (non-hydrogen) atoms. The summed E-state index contributed by atoms with van der Waals surface area (Å²) in [5.41, 5.74) is 0. The van der Waals surface area contributed by atoms with Crippen LogP contribution in [0.25, 0.3) is 0 Å². The number of aldehydes is 1. The predicted octanol–water partition coefficient (Wildman–Crippen LogP) is 2.84. The third-order valence-electron chi connectivity index (χ3n) is 3.62. The van der Waals surface area contributed by atoms with E-state index in [9.17, 15) is 4.79 Å². The zero-order valence-corrected chi connectivity index (χ0v) is 11.0. The Morgan fingerprint density at radius 3 is 2.36 bits per heavy atom. The summed E-state index contributed by atoms with van der Waals surface area (Å²) >= 11 is 0. The van der Waals surface area contributed by atoms with Crippen molar-refractivity contribution in [1.29, 1.82) is 0 Å². The van der Waals surface area contributed by atoms with Crippen molar-refractivity contribution in [2.24, 2.45) is 11.8 Å². The Balaban J connectivity index is 2.34. The van der Waals surface area contributed by atoms with Gasteiger partial charge in [-0.2, -0.15) is 0 Å². The van der Waals surface area contributed by atoms with Gasteiger partial charge in [-0.25, -0.2) is 0 Å². The Labute approximate surface area is 88.2 Å². The molecule has 1 saturated carbocycles. The van der Waals surface area contributed by atoms with Crippen LogP contribution in [0.2, 0.25) is 18.1 Å². The van der Waals surface area contributed by atoms with Gasteiger partial charge in [-0.05, 0) is 30.5 Å². The lowest BCUT2D eigenvalue weighted by Gasteiger charge is -2.36. The second kappa shape index (κ2) is 3.78. The van der Waals surface area contributed by atoms with E-state index < -0.39 is 8.32 Å². The number of carbonyl (C=O) groups excluding carboxylic acids is 1.